The van der Waals surface area contributed by atoms with Crippen LogP contribution < -0.4 is 0 Å². The summed E-state index contributed by atoms with van der Waals surface area (Å²) < 4.78 is 6.06. The number of hydrogen-bond acceptors (Lipinski definition) is 4. The molecule has 1 aliphatic heterocycles. The van der Waals surface area contributed by atoms with E-state index in [2.05, 4.69) is 11.6 Å². The molecule has 1 aromatic heterocycles. The van der Waals surface area contributed by atoms with Crippen LogP contribution in [0.3, 0.4) is 0 Å². The van der Waals surface area contributed by atoms with Gasteiger partial charge in [-0.15, -0.1) is 0 Å². The first-order valence-corrected chi connectivity index (χ1v) is 9.72. The van der Waals surface area contributed by atoms with Gasteiger partial charge in [-0.25, -0.2) is 4.98 Å². The molecular weight excluding hydrogens is 390 g/mol. The second-order valence-corrected chi connectivity index (χ2v) is 7.66. The Balaban J connectivity index is 1.95. The summed E-state index contributed by atoms with van der Waals surface area (Å²) in [4.78, 5) is 32.0. The lowest BCUT2D eigenvalue weighted by Crippen LogP contribution is -2.45. The molecule has 1 aliphatic rings. The maximum atomic E-state index is 12.3. The van der Waals surface area contributed by atoms with E-state index in [4.69, 9.17) is 16.3 Å². The van der Waals surface area contributed by atoms with Gasteiger partial charge in [-0.05, 0) is 42.8 Å². The minimum atomic E-state index is -0.325. The molecule has 2 heterocycles. The summed E-state index contributed by atoms with van der Waals surface area (Å²) in [5.41, 5.74) is 2.83. The predicted octanol–water partition coefficient (Wildman–Crippen LogP) is 3.58. The van der Waals surface area contributed by atoms with Gasteiger partial charge >= 0.3 is 0 Å². The number of carbonyl (C=O) groups excluding carboxylic acids is 2. The fourth-order valence-corrected chi connectivity index (χ4v) is 3.58. The summed E-state index contributed by atoms with van der Waals surface area (Å²) in [5, 5.41) is 0.324. The number of ether oxygens (including phenoxy) is 1. The average molecular weight is 414 g/mol. The van der Waals surface area contributed by atoms with Gasteiger partial charge in [-0.2, -0.15) is 0 Å². The molecule has 0 saturated carbocycles. The van der Waals surface area contributed by atoms with Crippen LogP contribution in [0.2, 0.25) is 5.15 Å². The lowest BCUT2D eigenvalue weighted by atomic mass is 10.0. The molecule has 2 aromatic rings. The van der Waals surface area contributed by atoms with Crippen molar-refractivity contribution >= 4 is 23.4 Å². The van der Waals surface area contributed by atoms with Crippen molar-refractivity contribution in [2.24, 2.45) is 0 Å². The summed E-state index contributed by atoms with van der Waals surface area (Å²) in [6.07, 6.45) is 0.871. The zero-order chi connectivity index (χ0) is 21.1. The Morgan fingerprint density at radius 2 is 2.03 bits per heavy atom. The molecule has 1 saturated heterocycles. The summed E-state index contributed by atoms with van der Waals surface area (Å²) in [6.45, 7) is 6.42. The highest BCUT2D eigenvalue weighted by atomic mass is 35.5. The molecule has 29 heavy (non-hydrogen) atoms. The number of morpholine rings is 1. The third kappa shape index (κ3) is 4.83. The van der Waals surface area contributed by atoms with Crippen LogP contribution in [0.15, 0.2) is 49.1 Å². The first-order chi connectivity index (χ1) is 13.8. The fraction of sp³-hybridized carbons (Fsp3) is 0.318. The quantitative estimate of drug-likeness (QED) is 0.567. The minimum absolute atomic E-state index is 0.0860. The molecule has 0 aliphatic carbocycles. The number of rotatable bonds is 4. The largest absolute Gasteiger partial charge is 0.367 e. The first-order valence-electron chi connectivity index (χ1n) is 9.35. The lowest BCUT2D eigenvalue weighted by molar-refractivity contribution is -0.139. The van der Waals surface area contributed by atoms with Crippen molar-refractivity contribution in [1.82, 2.24) is 14.8 Å². The molecular formula is C22H24ClN3O3. The monoisotopic (exact) mass is 413 g/mol. The molecule has 2 atom stereocenters. The highest BCUT2D eigenvalue weighted by molar-refractivity contribution is 6.29. The van der Waals surface area contributed by atoms with Gasteiger partial charge in [0.2, 0.25) is 5.91 Å². The van der Waals surface area contributed by atoms with Crippen LogP contribution in [0.1, 0.15) is 28.9 Å². The van der Waals surface area contributed by atoms with Crippen LogP contribution in [0, 0.1) is 0 Å². The van der Waals surface area contributed by atoms with Gasteiger partial charge in [0.05, 0.1) is 18.3 Å². The van der Waals surface area contributed by atoms with Crippen molar-refractivity contribution < 1.29 is 14.3 Å². The standard InChI is InChI=1S/C22H24ClN3O3/c1-5-21(27)26-12-14(2)29-19(13-26)17-10-18(24-20(23)11-17)15-7-6-8-16(9-15)22(28)25(3)4/h5-11,14,19H,1,12-13H2,2-4H3/t14-,19+/m0/s1. The molecule has 152 valence electrons. The Hall–Kier alpha value is -2.70. The zero-order valence-electron chi connectivity index (χ0n) is 16.8. The maximum absolute atomic E-state index is 12.3. The van der Waals surface area contributed by atoms with Crippen LogP contribution in [0.4, 0.5) is 0 Å². The molecule has 0 N–H and O–H groups in total. The number of pyridine rings is 1. The van der Waals surface area contributed by atoms with E-state index in [9.17, 15) is 9.59 Å². The van der Waals surface area contributed by atoms with E-state index in [0.29, 0.717) is 29.5 Å². The molecule has 0 unspecified atom stereocenters. The van der Waals surface area contributed by atoms with Gasteiger partial charge in [0.25, 0.3) is 5.91 Å². The summed E-state index contributed by atoms with van der Waals surface area (Å²) in [5.74, 6) is -0.211. The van der Waals surface area contributed by atoms with E-state index in [1.807, 2.05) is 25.1 Å². The molecule has 0 spiro atoms. The number of aromatic nitrogens is 1. The predicted molar refractivity (Wildman–Crippen MR) is 113 cm³/mol. The van der Waals surface area contributed by atoms with E-state index in [1.165, 1.54) is 11.0 Å². The third-order valence-electron chi connectivity index (χ3n) is 4.75. The highest BCUT2D eigenvalue weighted by Gasteiger charge is 2.29. The maximum Gasteiger partial charge on any atom is 0.253 e. The number of nitrogens with zero attached hydrogens (tertiary/aromatic N) is 3. The van der Waals surface area contributed by atoms with Crippen molar-refractivity contribution in [3.8, 4) is 11.3 Å². The van der Waals surface area contributed by atoms with Gasteiger partial charge in [0, 0.05) is 31.8 Å². The first kappa shape index (κ1) is 21.0. The number of benzene rings is 1. The van der Waals surface area contributed by atoms with Crippen molar-refractivity contribution in [3.63, 3.8) is 0 Å². The Morgan fingerprint density at radius 3 is 2.72 bits per heavy atom. The molecule has 1 aromatic carbocycles. The van der Waals surface area contributed by atoms with Gasteiger partial charge in [-0.1, -0.05) is 30.3 Å². The Kier molecular flexibility index (Phi) is 6.35. The third-order valence-corrected chi connectivity index (χ3v) is 4.94. The van der Waals surface area contributed by atoms with Crippen molar-refractivity contribution in [2.75, 3.05) is 27.2 Å². The van der Waals surface area contributed by atoms with E-state index in [-0.39, 0.29) is 24.0 Å². The second kappa shape index (κ2) is 8.76. The molecule has 2 amide bonds. The normalized spacial score (nSPS) is 19.0. The van der Waals surface area contributed by atoms with Crippen molar-refractivity contribution in [1.29, 1.82) is 0 Å². The van der Waals surface area contributed by atoms with Crippen LogP contribution in [0.25, 0.3) is 11.3 Å². The summed E-state index contributed by atoms with van der Waals surface area (Å²) >= 11 is 6.30. The number of hydrogen-bond donors (Lipinski definition) is 0. The summed E-state index contributed by atoms with van der Waals surface area (Å²) in [7, 11) is 3.42. The lowest BCUT2D eigenvalue weighted by Gasteiger charge is -2.36. The Bertz CT molecular complexity index is 945. The highest BCUT2D eigenvalue weighted by Crippen LogP contribution is 2.30. The number of halogens is 1. The van der Waals surface area contributed by atoms with Gasteiger partial charge in [0.1, 0.15) is 11.3 Å². The van der Waals surface area contributed by atoms with Crippen LogP contribution in [-0.2, 0) is 9.53 Å². The number of carbonyl (C=O) groups is 2. The topological polar surface area (TPSA) is 62.7 Å². The molecule has 7 heteroatoms. The van der Waals surface area contributed by atoms with E-state index >= 15 is 0 Å². The number of amides is 2. The van der Waals surface area contributed by atoms with Crippen molar-refractivity contribution in [3.05, 3.63) is 65.3 Å². The minimum Gasteiger partial charge on any atom is -0.367 e. The molecule has 1 fully saturated rings. The molecule has 0 radical (unpaired) electrons. The molecule has 0 bridgehead atoms. The molecule has 6 nitrogen and oxygen atoms in total. The Morgan fingerprint density at radius 1 is 1.28 bits per heavy atom. The van der Waals surface area contributed by atoms with Gasteiger partial charge in [0.15, 0.2) is 0 Å². The van der Waals surface area contributed by atoms with Gasteiger partial charge < -0.3 is 14.5 Å². The average Bonchev–Trinajstić information content (AvgIpc) is 2.71. The van der Waals surface area contributed by atoms with Crippen LogP contribution in [-0.4, -0.2) is 59.9 Å². The SMILES string of the molecule is C=CC(=O)N1C[C@H](C)O[C@@H](c2cc(Cl)nc(-c3cccc(C(=O)N(C)C)c3)c2)C1. The van der Waals surface area contributed by atoms with E-state index in [1.54, 1.807) is 37.2 Å². The Labute approximate surface area is 175 Å². The van der Waals surface area contributed by atoms with Crippen LogP contribution in [0.5, 0.6) is 0 Å². The van der Waals surface area contributed by atoms with E-state index in [0.717, 1.165) is 11.1 Å². The van der Waals surface area contributed by atoms with Gasteiger partial charge in [-0.3, -0.25) is 9.59 Å². The fourth-order valence-electron chi connectivity index (χ4n) is 3.36. The second-order valence-electron chi connectivity index (χ2n) is 7.27. The zero-order valence-corrected chi connectivity index (χ0v) is 17.5. The van der Waals surface area contributed by atoms with Crippen molar-refractivity contribution in [2.45, 2.75) is 19.1 Å². The van der Waals surface area contributed by atoms with Crippen LogP contribution >= 0.6 is 11.6 Å². The molecule has 3 rings (SSSR count). The summed E-state index contributed by atoms with van der Waals surface area (Å²) in [6, 6.07) is 10.9. The smallest absolute Gasteiger partial charge is 0.253 e. The van der Waals surface area contributed by atoms with E-state index < -0.39 is 0 Å².